The minimum Gasteiger partial charge on any atom is -0.390 e. The van der Waals surface area contributed by atoms with Crippen LogP contribution >= 0.6 is 0 Å². The lowest BCUT2D eigenvalue weighted by Gasteiger charge is -2.27. The average molecular weight is 397 g/mol. The highest BCUT2D eigenvalue weighted by molar-refractivity contribution is 6.01. The van der Waals surface area contributed by atoms with Crippen molar-refractivity contribution in [3.8, 4) is 0 Å². The first-order valence-electron chi connectivity index (χ1n) is 10.4. The molecule has 29 heavy (non-hydrogen) atoms. The highest BCUT2D eigenvalue weighted by Gasteiger charge is 2.25. The molecule has 1 aliphatic rings. The summed E-state index contributed by atoms with van der Waals surface area (Å²) in [5, 5.41) is 14.8. The monoisotopic (exact) mass is 396 g/mol. The summed E-state index contributed by atoms with van der Waals surface area (Å²) in [6.07, 6.45) is 0.223. The van der Waals surface area contributed by atoms with Gasteiger partial charge in [-0.3, -0.25) is 4.90 Å². The number of aliphatic hydroxyl groups excluding tert-OH is 1. The lowest BCUT2D eigenvalue weighted by molar-refractivity contribution is -0.00734. The number of ether oxygens (including phenoxy) is 1. The van der Waals surface area contributed by atoms with E-state index in [1.807, 2.05) is 36.4 Å². The summed E-state index contributed by atoms with van der Waals surface area (Å²) in [6, 6.07) is 20.5. The molecule has 0 bridgehead atoms. The van der Waals surface area contributed by atoms with Crippen LogP contribution in [-0.4, -0.2) is 54.2 Å². The molecule has 0 aromatic heterocycles. The predicted octanol–water partition coefficient (Wildman–Crippen LogP) is 3.72. The van der Waals surface area contributed by atoms with Crippen molar-refractivity contribution in [3.05, 3.63) is 71.8 Å². The normalized spacial score (nSPS) is 17.4. The van der Waals surface area contributed by atoms with Crippen molar-refractivity contribution in [2.45, 2.75) is 39.0 Å². The zero-order chi connectivity index (χ0) is 20.5. The quantitative estimate of drug-likeness (QED) is 0.629. The van der Waals surface area contributed by atoms with Crippen molar-refractivity contribution in [1.29, 1.82) is 0 Å². The summed E-state index contributed by atoms with van der Waals surface area (Å²) in [6.45, 7) is 7.22. The van der Waals surface area contributed by atoms with Crippen molar-refractivity contribution in [3.63, 3.8) is 0 Å². The summed E-state index contributed by atoms with van der Waals surface area (Å²) < 4.78 is 5.62. The Hall–Kier alpha value is -2.21. The molecule has 0 saturated heterocycles. The highest BCUT2D eigenvalue weighted by atomic mass is 16.6. The second-order valence-corrected chi connectivity index (χ2v) is 8.10. The molecule has 1 N–H and O–H groups in total. The van der Waals surface area contributed by atoms with Gasteiger partial charge in [-0.25, -0.2) is 0 Å². The van der Waals surface area contributed by atoms with Crippen LogP contribution in [-0.2, 0) is 16.1 Å². The number of benzene rings is 2. The number of hydrogen-bond donors (Lipinski definition) is 1. The van der Waals surface area contributed by atoms with Crippen molar-refractivity contribution in [2.24, 2.45) is 11.1 Å². The van der Waals surface area contributed by atoms with Crippen LogP contribution in [0.15, 0.2) is 65.8 Å². The third-order valence-corrected chi connectivity index (χ3v) is 4.78. The van der Waals surface area contributed by atoms with Gasteiger partial charge in [0.15, 0.2) is 0 Å². The molecule has 5 nitrogen and oxygen atoms in total. The Morgan fingerprint density at radius 1 is 1.07 bits per heavy atom. The molecule has 1 aliphatic heterocycles. The van der Waals surface area contributed by atoms with Gasteiger partial charge in [0.2, 0.25) is 0 Å². The van der Waals surface area contributed by atoms with E-state index in [1.54, 1.807) is 0 Å². The van der Waals surface area contributed by atoms with Gasteiger partial charge >= 0.3 is 0 Å². The minimum atomic E-state index is -0.534. The lowest BCUT2D eigenvalue weighted by Crippen LogP contribution is -2.39. The molecule has 1 heterocycles. The molecule has 0 saturated carbocycles. The van der Waals surface area contributed by atoms with E-state index in [-0.39, 0.29) is 6.10 Å². The lowest BCUT2D eigenvalue weighted by atomic mass is 10.0. The van der Waals surface area contributed by atoms with Crippen molar-refractivity contribution in [2.75, 3.05) is 26.3 Å². The molecule has 2 aromatic carbocycles. The number of aliphatic hydroxyl groups is 1. The van der Waals surface area contributed by atoms with Gasteiger partial charge in [-0.2, -0.15) is 0 Å². The largest absolute Gasteiger partial charge is 0.390 e. The van der Waals surface area contributed by atoms with Crippen LogP contribution in [0.3, 0.4) is 0 Å². The van der Waals surface area contributed by atoms with Gasteiger partial charge in [0.05, 0.1) is 18.4 Å². The Kier molecular flexibility index (Phi) is 8.23. The Bertz CT molecular complexity index is 749. The van der Waals surface area contributed by atoms with Crippen molar-refractivity contribution < 1.29 is 14.7 Å². The van der Waals surface area contributed by atoms with E-state index in [9.17, 15) is 5.11 Å². The molecule has 2 atom stereocenters. The Balaban J connectivity index is 1.56. The Morgan fingerprint density at radius 3 is 2.45 bits per heavy atom. The molecule has 0 unspecified atom stereocenters. The minimum absolute atomic E-state index is 0.0160. The van der Waals surface area contributed by atoms with Gasteiger partial charge in [0.25, 0.3) is 0 Å². The molecular formula is C24H32N2O3. The van der Waals surface area contributed by atoms with Crippen LogP contribution < -0.4 is 0 Å². The van der Waals surface area contributed by atoms with Crippen molar-refractivity contribution >= 4 is 5.71 Å². The average Bonchev–Trinajstić information content (AvgIpc) is 3.17. The maximum absolute atomic E-state index is 10.5. The molecule has 0 fully saturated rings. The second-order valence-electron chi connectivity index (χ2n) is 8.10. The summed E-state index contributed by atoms with van der Waals surface area (Å²) in [7, 11) is 0. The van der Waals surface area contributed by atoms with Gasteiger partial charge in [-0.05, 0) is 17.0 Å². The maximum Gasteiger partial charge on any atom is 0.145 e. The van der Waals surface area contributed by atoms with Crippen LogP contribution in [0, 0.1) is 5.92 Å². The van der Waals surface area contributed by atoms with E-state index in [0.717, 1.165) is 24.2 Å². The van der Waals surface area contributed by atoms with Crippen LogP contribution in [0.4, 0.5) is 0 Å². The van der Waals surface area contributed by atoms with Crippen molar-refractivity contribution in [1.82, 2.24) is 4.90 Å². The molecule has 3 rings (SSSR count). The van der Waals surface area contributed by atoms with Gasteiger partial charge in [-0.1, -0.05) is 79.7 Å². The van der Waals surface area contributed by atoms with Gasteiger partial charge in [0, 0.05) is 32.7 Å². The molecule has 2 aromatic rings. The molecule has 5 heteroatoms. The first-order valence-corrected chi connectivity index (χ1v) is 10.4. The molecule has 0 radical (unpaired) electrons. The van der Waals surface area contributed by atoms with Crippen LogP contribution in [0.2, 0.25) is 0 Å². The van der Waals surface area contributed by atoms with E-state index in [1.165, 1.54) is 5.56 Å². The highest BCUT2D eigenvalue weighted by Crippen LogP contribution is 2.18. The van der Waals surface area contributed by atoms with Gasteiger partial charge in [-0.15, -0.1) is 0 Å². The smallest absolute Gasteiger partial charge is 0.145 e. The molecular weight excluding hydrogens is 364 g/mol. The number of nitrogens with zero attached hydrogens (tertiary/aromatic N) is 2. The fourth-order valence-corrected chi connectivity index (χ4v) is 3.45. The summed E-state index contributed by atoms with van der Waals surface area (Å²) in [4.78, 5) is 7.94. The zero-order valence-corrected chi connectivity index (χ0v) is 17.4. The Labute approximate surface area is 173 Å². The maximum atomic E-state index is 10.5. The summed E-state index contributed by atoms with van der Waals surface area (Å²) >= 11 is 0. The Morgan fingerprint density at radius 2 is 1.76 bits per heavy atom. The van der Waals surface area contributed by atoms with Gasteiger partial charge in [0.1, 0.15) is 6.10 Å². The molecule has 0 aliphatic carbocycles. The van der Waals surface area contributed by atoms with E-state index in [0.29, 0.717) is 32.2 Å². The predicted molar refractivity (Wildman–Crippen MR) is 116 cm³/mol. The van der Waals surface area contributed by atoms with E-state index in [4.69, 9.17) is 9.57 Å². The first kappa shape index (κ1) is 21.5. The van der Waals surface area contributed by atoms with Crippen LogP contribution in [0.25, 0.3) is 0 Å². The first-order chi connectivity index (χ1) is 14.1. The summed E-state index contributed by atoms with van der Waals surface area (Å²) in [5.41, 5.74) is 3.30. The zero-order valence-electron chi connectivity index (χ0n) is 17.4. The SMILES string of the molecule is CC(C)COC[C@@H](O)CN(Cc1ccccc1)C[C@H]1CC(c2ccccc2)=NO1. The fraction of sp³-hybridized carbons (Fsp3) is 0.458. The number of oxime groups is 1. The topological polar surface area (TPSA) is 54.3 Å². The van der Waals surface area contributed by atoms with E-state index >= 15 is 0 Å². The van der Waals surface area contributed by atoms with E-state index in [2.05, 4.69) is 48.2 Å². The number of hydrogen-bond acceptors (Lipinski definition) is 5. The van der Waals surface area contributed by atoms with Crippen LogP contribution in [0.5, 0.6) is 0 Å². The molecule has 0 amide bonds. The third-order valence-electron chi connectivity index (χ3n) is 4.78. The molecule has 156 valence electrons. The summed E-state index contributed by atoms with van der Waals surface area (Å²) in [5.74, 6) is 0.461. The standard InChI is InChI=1S/C24H32N2O3/c1-19(2)17-28-18-22(27)15-26(14-20-9-5-3-6-10-20)16-23-13-24(25-29-23)21-11-7-4-8-12-21/h3-12,19,22-23,27H,13-18H2,1-2H3/t22-,23+/m0/s1. The van der Waals surface area contributed by atoms with Crippen LogP contribution in [0.1, 0.15) is 31.4 Å². The second kappa shape index (κ2) is 11.1. The van der Waals surface area contributed by atoms with E-state index < -0.39 is 6.10 Å². The fourth-order valence-electron chi connectivity index (χ4n) is 3.45. The number of rotatable bonds is 11. The molecule has 0 spiro atoms. The van der Waals surface area contributed by atoms with Gasteiger partial charge < -0.3 is 14.7 Å². The third kappa shape index (κ3) is 7.28.